The summed E-state index contributed by atoms with van der Waals surface area (Å²) in [5, 5.41) is 1.23. The fraction of sp³-hybridized carbons (Fsp3) is 0.175. The predicted molar refractivity (Wildman–Crippen MR) is 278 cm³/mol. The fourth-order valence-corrected chi connectivity index (χ4v) is 12.5. The van der Waals surface area contributed by atoms with Crippen LogP contribution in [0.5, 0.6) is 0 Å². The first-order valence-electron chi connectivity index (χ1n) is 23.1. The largest absolute Gasteiger partial charge is 0.302 e. The fourth-order valence-electron chi connectivity index (χ4n) is 11.4. The molecule has 8 aromatic rings. The molecule has 65 heavy (non-hydrogen) atoms. The lowest BCUT2D eigenvalue weighted by molar-refractivity contribution is 0.584. The number of thiophene rings is 1. The summed E-state index contributed by atoms with van der Waals surface area (Å²) in [6.07, 6.45) is 5.35. The van der Waals surface area contributed by atoms with Gasteiger partial charge in [0.05, 0.1) is 11.1 Å². The monoisotopic (exact) mass is 855 g/mol. The second-order valence-corrected chi connectivity index (χ2v) is 20.3. The number of allylic oxidation sites excluding steroid dienone is 4. The van der Waals surface area contributed by atoms with Crippen LogP contribution in [0.4, 0.5) is 11.4 Å². The van der Waals surface area contributed by atoms with Crippen molar-refractivity contribution in [2.75, 3.05) is 4.90 Å². The first-order valence-corrected chi connectivity index (χ1v) is 23.9. The van der Waals surface area contributed by atoms with E-state index >= 15 is 0 Å². The number of rotatable bonds is 7. The highest BCUT2D eigenvalue weighted by atomic mass is 32.1. The minimum Gasteiger partial charge on any atom is -0.302 e. The third kappa shape index (κ3) is 6.13. The van der Waals surface area contributed by atoms with E-state index in [1.807, 2.05) is 11.3 Å². The van der Waals surface area contributed by atoms with E-state index in [1.54, 1.807) is 0 Å². The molecule has 1 nitrogen and oxygen atoms in total. The van der Waals surface area contributed by atoms with Crippen LogP contribution in [0.3, 0.4) is 0 Å². The molecule has 1 heterocycles. The van der Waals surface area contributed by atoms with Crippen molar-refractivity contribution in [2.24, 2.45) is 0 Å². The average molecular weight is 856 g/mol. The van der Waals surface area contributed by atoms with Crippen molar-refractivity contribution < 1.29 is 0 Å². The Labute approximate surface area is 388 Å². The van der Waals surface area contributed by atoms with Crippen molar-refractivity contribution in [1.82, 2.24) is 0 Å². The highest BCUT2D eigenvalue weighted by Gasteiger charge is 2.47. The van der Waals surface area contributed by atoms with Crippen molar-refractivity contribution in [3.05, 3.63) is 248 Å². The Bertz CT molecular complexity index is 3350. The van der Waals surface area contributed by atoms with Crippen molar-refractivity contribution in [3.63, 3.8) is 0 Å². The van der Waals surface area contributed by atoms with E-state index in [1.165, 1.54) is 92.9 Å². The van der Waals surface area contributed by atoms with Crippen LogP contribution in [0, 0.1) is 0 Å². The zero-order valence-corrected chi connectivity index (χ0v) is 39.2. The Balaban J connectivity index is 1.22. The molecule has 7 aromatic carbocycles. The van der Waals surface area contributed by atoms with Gasteiger partial charge in [-0.15, -0.1) is 11.3 Å². The van der Waals surface area contributed by atoms with Crippen LogP contribution >= 0.6 is 11.3 Å². The van der Waals surface area contributed by atoms with Crippen molar-refractivity contribution in [3.8, 4) is 11.1 Å². The highest BCUT2D eigenvalue weighted by molar-refractivity contribution is 7.20. The lowest BCUT2D eigenvalue weighted by atomic mass is 9.67. The summed E-state index contributed by atoms with van der Waals surface area (Å²) in [5.74, 6) is 0. The molecule has 316 valence electrons. The van der Waals surface area contributed by atoms with E-state index in [9.17, 15) is 0 Å². The summed E-state index contributed by atoms with van der Waals surface area (Å²) in [6, 6.07) is 63.7. The molecule has 1 aromatic heterocycles. The molecule has 0 unspecified atom stereocenters. The van der Waals surface area contributed by atoms with E-state index in [2.05, 4.69) is 247 Å². The number of hydrogen-bond acceptors (Lipinski definition) is 2. The molecule has 0 atom stereocenters. The van der Waals surface area contributed by atoms with Gasteiger partial charge in [0.25, 0.3) is 0 Å². The second-order valence-electron chi connectivity index (χ2n) is 19.3. The van der Waals surface area contributed by atoms with Gasteiger partial charge in [-0.1, -0.05) is 199 Å². The van der Waals surface area contributed by atoms with Gasteiger partial charge in [-0.05, 0) is 116 Å². The lowest BCUT2D eigenvalue weighted by Gasteiger charge is -2.35. The first-order chi connectivity index (χ1) is 31.6. The third-order valence-corrected chi connectivity index (χ3v) is 15.5. The Morgan fingerprint density at radius 2 is 1.31 bits per heavy atom. The van der Waals surface area contributed by atoms with Gasteiger partial charge >= 0.3 is 0 Å². The minimum absolute atomic E-state index is 0.0462. The smallest absolute Gasteiger partial charge is 0.107 e. The highest BCUT2D eigenvalue weighted by Crippen LogP contribution is 2.59. The van der Waals surface area contributed by atoms with Gasteiger partial charge in [0.1, 0.15) is 5.70 Å². The van der Waals surface area contributed by atoms with Crippen LogP contribution < -0.4 is 4.90 Å². The van der Waals surface area contributed by atoms with Crippen LogP contribution in [-0.2, 0) is 16.2 Å². The molecule has 0 saturated carbocycles. The molecular weight excluding hydrogens is 803 g/mol. The summed E-state index contributed by atoms with van der Waals surface area (Å²) in [4.78, 5) is 3.71. The van der Waals surface area contributed by atoms with Crippen molar-refractivity contribution >= 4 is 55.7 Å². The zero-order chi connectivity index (χ0) is 44.7. The van der Waals surface area contributed by atoms with Gasteiger partial charge in [-0.3, -0.25) is 0 Å². The minimum atomic E-state index is -0.547. The number of anilines is 2. The standard InChI is InChI=1S/C63H53NS/c1-8-45(59-49-37-35-43(61(3,4)5)39-53(49)62(6,7)51(59)9-2)48-28-17-20-31-55(48)64(56-32-22-34-58-60(56)50-29-18-21-33-57(50)65-58)44-36-38-47-46-27-16-19-30-52(46)63(54(47)40-44,41-23-12-10-13-24-41)42-25-14-11-15-26-42/h9-21,23-31,33-40H,8H2,1-7H3/b51-9+,59-45+. The van der Waals surface area contributed by atoms with Crippen molar-refractivity contribution in [2.45, 2.75) is 71.1 Å². The molecule has 0 bridgehead atoms. The Kier molecular flexibility index (Phi) is 9.65. The molecule has 0 radical (unpaired) electrons. The molecule has 2 heteroatoms. The molecule has 3 aliphatic carbocycles. The molecule has 0 N–H and O–H groups in total. The molecule has 0 fully saturated rings. The SMILES string of the molecule is C/C=C1\C(=C(/CC)c2ccccc2N(C2=C=C=Cc3sc4ccccc4c32)c2ccc3c(c2)C(c2ccccc2)(c2ccccc2)c2ccccc2-3)c2ccc(C(C)(C)C)cc2C1(C)C. The number of nitrogens with zero attached hydrogens (tertiary/aromatic N) is 1. The Morgan fingerprint density at radius 1 is 0.662 bits per heavy atom. The lowest BCUT2D eigenvalue weighted by Crippen LogP contribution is -2.29. The summed E-state index contributed by atoms with van der Waals surface area (Å²) in [7, 11) is 0. The quantitative estimate of drug-likeness (QED) is 0.144. The molecular formula is C63H53NS. The van der Waals surface area contributed by atoms with Crippen LogP contribution in [-0.4, -0.2) is 0 Å². The molecule has 11 rings (SSSR count). The summed E-state index contributed by atoms with van der Waals surface area (Å²) in [6.45, 7) is 16.3. The summed E-state index contributed by atoms with van der Waals surface area (Å²) in [5.41, 5.74) is 28.0. The van der Waals surface area contributed by atoms with E-state index < -0.39 is 5.41 Å². The second kappa shape index (κ2) is 15.4. The molecule has 3 aliphatic rings. The maximum absolute atomic E-state index is 3.76. The van der Waals surface area contributed by atoms with Gasteiger partial charge in [0.2, 0.25) is 0 Å². The third-order valence-electron chi connectivity index (χ3n) is 14.4. The number of benzene rings is 7. The van der Waals surface area contributed by atoms with E-state index in [4.69, 9.17) is 0 Å². The normalized spacial score (nSPS) is 16.5. The van der Waals surface area contributed by atoms with Gasteiger partial charge in [0, 0.05) is 43.3 Å². The molecule has 0 amide bonds. The molecule has 0 spiro atoms. The van der Waals surface area contributed by atoms with E-state index in [0.29, 0.717) is 0 Å². The van der Waals surface area contributed by atoms with Gasteiger partial charge in [0.15, 0.2) is 0 Å². The Morgan fingerprint density at radius 3 is 2.03 bits per heavy atom. The van der Waals surface area contributed by atoms with Crippen LogP contribution in [0.1, 0.15) is 110 Å². The average Bonchev–Trinajstić information content (AvgIpc) is 3.93. The first kappa shape index (κ1) is 40.8. The van der Waals surface area contributed by atoms with E-state index in [0.717, 1.165) is 23.5 Å². The summed E-state index contributed by atoms with van der Waals surface area (Å²) < 4.78 is 1.26. The van der Waals surface area contributed by atoms with Gasteiger partial charge in [-0.2, -0.15) is 0 Å². The van der Waals surface area contributed by atoms with Crippen LogP contribution in [0.15, 0.2) is 193 Å². The zero-order valence-electron chi connectivity index (χ0n) is 38.4. The predicted octanol–water partition coefficient (Wildman–Crippen LogP) is 17.1. The van der Waals surface area contributed by atoms with Crippen LogP contribution in [0.2, 0.25) is 0 Å². The molecule has 0 aliphatic heterocycles. The maximum atomic E-state index is 3.76. The van der Waals surface area contributed by atoms with E-state index in [-0.39, 0.29) is 10.8 Å². The number of fused-ring (bicyclic) bond motifs is 7. The summed E-state index contributed by atoms with van der Waals surface area (Å²) >= 11 is 1.83. The number of para-hydroxylation sites is 1. The topological polar surface area (TPSA) is 3.24 Å². The molecule has 0 saturated heterocycles. The maximum Gasteiger partial charge on any atom is 0.107 e. The number of hydrogen-bond donors (Lipinski definition) is 0. The van der Waals surface area contributed by atoms with Gasteiger partial charge < -0.3 is 4.90 Å². The van der Waals surface area contributed by atoms with Gasteiger partial charge in [-0.25, -0.2) is 0 Å². The van der Waals surface area contributed by atoms with Crippen LogP contribution in [0.25, 0.3) is 44.1 Å². The van der Waals surface area contributed by atoms with Crippen molar-refractivity contribution in [1.29, 1.82) is 0 Å². The Hall–Kier alpha value is -6.92.